The molecular weight excluding hydrogens is 206 g/mol. The highest BCUT2D eigenvalue weighted by molar-refractivity contribution is 5.72. The van der Waals surface area contributed by atoms with Gasteiger partial charge < -0.3 is 9.84 Å². The lowest BCUT2D eigenvalue weighted by molar-refractivity contribution is -0.139. The third kappa shape index (κ3) is 3.64. The van der Waals surface area contributed by atoms with E-state index in [0.717, 1.165) is 5.56 Å². The molecule has 0 fully saturated rings. The molecule has 0 amide bonds. The van der Waals surface area contributed by atoms with E-state index in [0.29, 0.717) is 6.61 Å². The summed E-state index contributed by atoms with van der Waals surface area (Å²) >= 11 is 0. The molecule has 4 nitrogen and oxygen atoms in total. The molecular formula is C12H17NO3. The minimum Gasteiger partial charge on any atom is -0.480 e. The predicted octanol–water partition coefficient (Wildman–Crippen LogP) is 1.44. The van der Waals surface area contributed by atoms with Crippen molar-refractivity contribution in [3.63, 3.8) is 0 Å². The van der Waals surface area contributed by atoms with E-state index in [1.54, 1.807) is 14.0 Å². The first-order valence-corrected chi connectivity index (χ1v) is 5.18. The fourth-order valence-electron chi connectivity index (χ4n) is 1.47. The molecule has 0 radical (unpaired) electrons. The second-order valence-electron chi connectivity index (χ2n) is 3.65. The maximum absolute atomic E-state index is 10.8. The van der Waals surface area contributed by atoms with Crippen LogP contribution in [0, 0.1) is 0 Å². The number of carbonyl (C=O) groups is 1. The number of nitrogens with one attached hydrogen (secondary N) is 1. The Balaban J connectivity index is 2.72. The summed E-state index contributed by atoms with van der Waals surface area (Å²) in [6.45, 7) is 2.07. The number of rotatable bonds is 6. The molecule has 0 saturated carbocycles. The summed E-state index contributed by atoms with van der Waals surface area (Å²) in [7, 11) is 1.60. The van der Waals surface area contributed by atoms with Crippen LogP contribution < -0.4 is 5.32 Å². The zero-order valence-electron chi connectivity index (χ0n) is 9.51. The molecule has 1 aromatic carbocycles. The second kappa shape index (κ2) is 6.25. The van der Waals surface area contributed by atoms with Crippen LogP contribution in [-0.4, -0.2) is 30.8 Å². The molecule has 0 aliphatic heterocycles. The average molecular weight is 223 g/mol. The van der Waals surface area contributed by atoms with Crippen LogP contribution in [0.4, 0.5) is 0 Å². The van der Waals surface area contributed by atoms with Crippen LogP contribution in [0.25, 0.3) is 0 Å². The van der Waals surface area contributed by atoms with Crippen LogP contribution in [0.2, 0.25) is 0 Å². The zero-order valence-corrected chi connectivity index (χ0v) is 9.51. The molecule has 0 heterocycles. The third-order valence-electron chi connectivity index (χ3n) is 2.36. The van der Waals surface area contributed by atoms with Crippen molar-refractivity contribution in [2.45, 2.75) is 19.0 Å². The largest absolute Gasteiger partial charge is 0.480 e. The highest BCUT2D eigenvalue weighted by atomic mass is 16.5. The smallest absolute Gasteiger partial charge is 0.320 e. The molecule has 2 atom stereocenters. The van der Waals surface area contributed by atoms with E-state index in [2.05, 4.69) is 5.32 Å². The highest BCUT2D eigenvalue weighted by Crippen LogP contribution is 2.13. The molecule has 0 spiro atoms. The summed E-state index contributed by atoms with van der Waals surface area (Å²) in [5, 5.41) is 11.9. The lowest BCUT2D eigenvalue weighted by Crippen LogP contribution is -2.38. The predicted molar refractivity (Wildman–Crippen MR) is 61.3 cm³/mol. The molecule has 1 rings (SSSR count). The Morgan fingerprint density at radius 3 is 2.56 bits per heavy atom. The van der Waals surface area contributed by atoms with Crippen molar-refractivity contribution in [3.05, 3.63) is 35.9 Å². The van der Waals surface area contributed by atoms with Crippen LogP contribution in [0.15, 0.2) is 30.3 Å². The number of methoxy groups -OCH3 is 1. The number of hydrogen-bond donors (Lipinski definition) is 2. The van der Waals surface area contributed by atoms with E-state index >= 15 is 0 Å². The van der Waals surface area contributed by atoms with Gasteiger partial charge in [-0.05, 0) is 12.5 Å². The van der Waals surface area contributed by atoms with Crippen molar-refractivity contribution in [2.75, 3.05) is 13.7 Å². The Kier molecular flexibility index (Phi) is 4.95. The van der Waals surface area contributed by atoms with Crippen LogP contribution in [-0.2, 0) is 9.53 Å². The van der Waals surface area contributed by atoms with E-state index in [-0.39, 0.29) is 6.04 Å². The quantitative estimate of drug-likeness (QED) is 0.766. The average Bonchev–Trinajstić information content (AvgIpc) is 2.29. The fraction of sp³-hybridized carbons (Fsp3) is 0.417. The summed E-state index contributed by atoms with van der Waals surface area (Å²) < 4.78 is 5.08. The Hall–Kier alpha value is -1.39. The topological polar surface area (TPSA) is 58.6 Å². The van der Waals surface area contributed by atoms with Gasteiger partial charge in [0, 0.05) is 7.11 Å². The molecule has 0 aromatic heterocycles. The number of hydrogen-bond acceptors (Lipinski definition) is 3. The van der Waals surface area contributed by atoms with Crippen LogP contribution in [0.3, 0.4) is 0 Å². The molecule has 0 aliphatic rings. The minimum atomic E-state index is -0.864. The number of carboxylic acids is 1. The van der Waals surface area contributed by atoms with Crippen molar-refractivity contribution in [1.29, 1.82) is 0 Å². The Morgan fingerprint density at radius 1 is 1.44 bits per heavy atom. The minimum absolute atomic E-state index is 0.0997. The summed E-state index contributed by atoms with van der Waals surface area (Å²) in [6, 6.07) is 8.97. The molecule has 0 aliphatic carbocycles. The van der Waals surface area contributed by atoms with Crippen LogP contribution >= 0.6 is 0 Å². The first-order valence-electron chi connectivity index (χ1n) is 5.18. The zero-order chi connectivity index (χ0) is 12.0. The molecule has 2 unspecified atom stereocenters. The maximum atomic E-state index is 10.8. The van der Waals surface area contributed by atoms with E-state index in [1.165, 1.54) is 0 Å². The van der Waals surface area contributed by atoms with Gasteiger partial charge in [0.2, 0.25) is 0 Å². The van der Waals surface area contributed by atoms with Gasteiger partial charge in [-0.25, -0.2) is 0 Å². The van der Waals surface area contributed by atoms with Crippen LogP contribution in [0.1, 0.15) is 18.5 Å². The summed E-state index contributed by atoms with van der Waals surface area (Å²) in [5.74, 6) is -0.864. The number of aliphatic carboxylic acids is 1. The number of carboxylic acid groups (broad SMARTS) is 1. The van der Waals surface area contributed by atoms with E-state index < -0.39 is 12.0 Å². The van der Waals surface area contributed by atoms with E-state index in [9.17, 15) is 4.79 Å². The molecule has 16 heavy (non-hydrogen) atoms. The Morgan fingerprint density at radius 2 is 2.06 bits per heavy atom. The molecule has 2 N–H and O–H groups in total. The molecule has 0 bridgehead atoms. The van der Waals surface area contributed by atoms with E-state index in [1.807, 2.05) is 30.3 Å². The summed E-state index contributed by atoms with van der Waals surface area (Å²) in [4.78, 5) is 10.8. The van der Waals surface area contributed by atoms with Gasteiger partial charge in [0.25, 0.3) is 0 Å². The van der Waals surface area contributed by atoms with Gasteiger partial charge in [0.1, 0.15) is 6.04 Å². The fourth-order valence-corrected chi connectivity index (χ4v) is 1.47. The summed E-state index contributed by atoms with van der Waals surface area (Å²) in [5.41, 5.74) is 1.03. The Labute approximate surface area is 95.2 Å². The van der Waals surface area contributed by atoms with Crippen LogP contribution in [0.5, 0.6) is 0 Å². The van der Waals surface area contributed by atoms with Crippen molar-refractivity contribution in [2.24, 2.45) is 0 Å². The third-order valence-corrected chi connectivity index (χ3v) is 2.36. The summed E-state index contributed by atoms with van der Waals surface area (Å²) in [6.07, 6.45) is 0. The van der Waals surface area contributed by atoms with Gasteiger partial charge in [-0.2, -0.15) is 0 Å². The van der Waals surface area contributed by atoms with E-state index in [4.69, 9.17) is 9.84 Å². The SMILES string of the molecule is COCC(NC(C)C(=O)O)c1ccccc1. The van der Waals surface area contributed by atoms with Gasteiger partial charge in [0.15, 0.2) is 0 Å². The van der Waals surface area contributed by atoms with Gasteiger partial charge in [-0.1, -0.05) is 30.3 Å². The number of ether oxygens (including phenoxy) is 1. The van der Waals surface area contributed by atoms with Crippen molar-refractivity contribution in [1.82, 2.24) is 5.32 Å². The first kappa shape index (κ1) is 12.7. The molecule has 88 valence electrons. The lowest BCUT2D eigenvalue weighted by atomic mass is 10.1. The van der Waals surface area contributed by atoms with Gasteiger partial charge in [-0.15, -0.1) is 0 Å². The Bertz CT molecular complexity index is 326. The molecule has 0 saturated heterocycles. The lowest BCUT2D eigenvalue weighted by Gasteiger charge is -2.20. The standard InChI is InChI=1S/C12H17NO3/c1-9(12(14)15)13-11(8-16-2)10-6-4-3-5-7-10/h3-7,9,11,13H,8H2,1-2H3,(H,14,15). The van der Waals surface area contributed by atoms with Crippen molar-refractivity contribution < 1.29 is 14.6 Å². The maximum Gasteiger partial charge on any atom is 0.320 e. The normalized spacial score (nSPS) is 14.4. The highest BCUT2D eigenvalue weighted by Gasteiger charge is 2.17. The second-order valence-corrected chi connectivity index (χ2v) is 3.65. The van der Waals surface area contributed by atoms with Crippen molar-refractivity contribution >= 4 is 5.97 Å². The van der Waals surface area contributed by atoms with Gasteiger partial charge in [-0.3, -0.25) is 10.1 Å². The molecule has 4 heteroatoms. The molecule has 1 aromatic rings. The number of benzene rings is 1. The van der Waals surface area contributed by atoms with Gasteiger partial charge >= 0.3 is 5.97 Å². The first-order chi connectivity index (χ1) is 7.65. The monoisotopic (exact) mass is 223 g/mol. The van der Waals surface area contributed by atoms with Gasteiger partial charge in [0.05, 0.1) is 12.6 Å². The van der Waals surface area contributed by atoms with Crippen molar-refractivity contribution in [3.8, 4) is 0 Å².